The molecule has 0 aliphatic carbocycles. The molecule has 0 unspecified atom stereocenters. The van der Waals surface area contributed by atoms with Gasteiger partial charge in [0.1, 0.15) is 11.6 Å². The fourth-order valence-electron chi connectivity index (χ4n) is 2.44. The standard InChI is InChI=1S/C17H17FO/c1-11-8-16(18)9-12(2)17(11)15-6-4-14(5-7-15)10-13(3)19/h4-9H,10H2,1-3H3. The van der Waals surface area contributed by atoms with Gasteiger partial charge in [-0.1, -0.05) is 24.3 Å². The Kier molecular flexibility index (Phi) is 3.79. The molecule has 0 fully saturated rings. The minimum Gasteiger partial charge on any atom is -0.300 e. The lowest BCUT2D eigenvalue weighted by Crippen LogP contribution is -1.96. The van der Waals surface area contributed by atoms with E-state index in [-0.39, 0.29) is 11.6 Å². The zero-order valence-electron chi connectivity index (χ0n) is 11.5. The number of rotatable bonds is 3. The van der Waals surface area contributed by atoms with Gasteiger partial charge in [-0.2, -0.15) is 0 Å². The Hall–Kier alpha value is -1.96. The Morgan fingerprint density at radius 3 is 2.05 bits per heavy atom. The molecule has 0 N–H and O–H groups in total. The van der Waals surface area contributed by atoms with Crippen LogP contribution in [0.15, 0.2) is 36.4 Å². The number of Topliss-reactive ketones (excluding diaryl/α,β-unsaturated/α-hetero) is 1. The largest absolute Gasteiger partial charge is 0.300 e. The number of ketones is 1. The average Bonchev–Trinajstić information content (AvgIpc) is 2.29. The smallest absolute Gasteiger partial charge is 0.134 e. The van der Waals surface area contributed by atoms with E-state index in [1.807, 2.05) is 38.1 Å². The van der Waals surface area contributed by atoms with Gasteiger partial charge in [0.15, 0.2) is 0 Å². The van der Waals surface area contributed by atoms with Gasteiger partial charge in [-0.15, -0.1) is 0 Å². The van der Waals surface area contributed by atoms with Crippen LogP contribution in [-0.2, 0) is 11.2 Å². The van der Waals surface area contributed by atoms with Crippen molar-refractivity contribution in [3.63, 3.8) is 0 Å². The molecule has 0 radical (unpaired) electrons. The zero-order chi connectivity index (χ0) is 14.0. The van der Waals surface area contributed by atoms with Crippen LogP contribution in [0.1, 0.15) is 23.6 Å². The van der Waals surface area contributed by atoms with Crippen molar-refractivity contribution in [2.45, 2.75) is 27.2 Å². The SMILES string of the molecule is CC(=O)Cc1ccc(-c2c(C)cc(F)cc2C)cc1. The van der Waals surface area contributed by atoms with Crippen molar-refractivity contribution in [3.8, 4) is 11.1 Å². The first-order valence-electron chi connectivity index (χ1n) is 6.33. The maximum Gasteiger partial charge on any atom is 0.134 e. The van der Waals surface area contributed by atoms with Gasteiger partial charge in [-0.25, -0.2) is 4.39 Å². The predicted molar refractivity (Wildman–Crippen MR) is 75.7 cm³/mol. The van der Waals surface area contributed by atoms with E-state index >= 15 is 0 Å². The molecule has 2 aromatic carbocycles. The van der Waals surface area contributed by atoms with E-state index < -0.39 is 0 Å². The number of carbonyl (C=O) groups excluding carboxylic acids is 1. The van der Waals surface area contributed by atoms with Crippen molar-refractivity contribution in [3.05, 3.63) is 58.9 Å². The minimum absolute atomic E-state index is 0.155. The highest BCUT2D eigenvalue weighted by molar-refractivity contribution is 5.78. The monoisotopic (exact) mass is 256 g/mol. The Balaban J connectivity index is 2.40. The number of benzene rings is 2. The average molecular weight is 256 g/mol. The van der Waals surface area contributed by atoms with Crippen LogP contribution in [0.4, 0.5) is 4.39 Å². The van der Waals surface area contributed by atoms with E-state index in [0.717, 1.165) is 27.8 Å². The number of hydrogen-bond acceptors (Lipinski definition) is 1. The highest BCUT2D eigenvalue weighted by Crippen LogP contribution is 2.28. The zero-order valence-corrected chi connectivity index (χ0v) is 11.5. The number of aryl methyl sites for hydroxylation is 2. The molecule has 98 valence electrons. The van der Waals surface area contributed by atoms with E-state index in [4.69, 9.17) is 0 Å². The maximum atomic E-state index is 13.3. The highest BCUT2D eigenvalue weighted by atomic mass is 19.1. The predicted octanol–water partition coefficient (Wildman–Crippen LogP) is 4.24. The highest BCUT2D eigenvalue weighted by Gasteiger charge is 2.08. The third kappa shape index (κ3) is 3.08. The summed E-state index contributed by atoms with van der Waals surface area (Å²) in [4.78, 5) is 11.1. The normalized spacial score (nSPS) is 10.5. The molecule has 0 heterocycles. The third-order valence-corrected chi connectivity index (χ3v) is 3.19. The summed E-state index contributed by atoms with van der Waals surface area (Å²) in [5.74, 6) is -0.0474. The van der Waals surface area contributed by atoms with Crippen LogP contribution in [0.5, 0.6) is 0 Å². The lowest BCUT2D eigenvalue weighted by atomic mass is 9.94. The fourth-order valence-corrected chi connectivity index (χ4v) is 2.44. The molecule has 0 bridgehead atoms. The molecule has 19 heavy (non-hydrogen) atoms. The lowest BCUT2D eigenvalue weighted by molar-refractivity contribution is -0.116. The molecule has 2 aromatic rings. The number of carbonyl (C=O) groups is 1. The van der Waals surface area contributed by atoms with Gasteiger partial charge in [-0.05, 0) is 60.7 Å². The lowest BCUT2D eigenvalue weighted by Gasteiger charge is -2.11. The first-order chi connectivity index (χ1) is 8.97. The summed E-state index contributed by atoms with van der Waals surface area (Å²) < 4.78 is 13.3. The second-order valence-electron chi connectivity index (χ2n) is 4.99. The maximum absolute atomic E-state index is 13.3. The Morgan fingerprint density at radius 2 is 1.58 bits per heavy atom. The summed E-state index contributed by atoms with van der Waals surface area (Å²) >= 11 is 0. The van der Waals surface area contributed by atoms with Crippen LogP contribution in [0.25, 0.3) is 11.1 Å². The second kappa shape index (κ2) is 5.35. The summed E-state index contributed by atoms with van der Waals surface area (Å²) in [6.07, 6.45) is 0.460. The first-order valence-corrected chi connectivity index (χ1v) is 6.33. The molecule has 0 saturated carbocycles. The van der Waals surface area contributed by atoms with Gasteiger partial charge in [0, 0.05) is 6.42 Å². The molecular formula is C17H17FO. The van der Waals surface area contributed by atoms with Crippen molar-refractivity contribution in [1.82, 2.24) is 0 Å². The Bertz CT molecular complexity index is 589. The third-order valence-electron chi connectivity index (χ3n) is 3.19. The summed E-state index contributed by atoms with van der Waals surface area (Å²) in [5.41, 5.74) is 4.99. The molecule has 0 spiro atoms. The van der Waals surface area contributed by atoms with Gasteiger partial charge in [0.25, 0.3) is 0 Å². The van der Waals surface area contributed by atoms with E-state index in [1.165, 1.54) is 0 Å². The van der Waals surface area contributed by atoms with Gasteiger partial charge >= 0.3 is 0 Å². The van der Waals surface area contributed by atoms with Crippen LogP contribution in [0.2, 0.25) is 0 Å². The van der Waals surface area contributed by atoms with E-state index in [0.29, 0.717) is 6.42 Å². The van der Waals surface area contributed by atoms with Crippen LogP contribution >= 0.6 is 0 Å². The van der Waals surface area contributed by atoms with Crippen LogP contribution in [-0.4, -0.2) is 5.78 Å². The van der Waals surface area contributed by atoms with Crippen molar-refractivity contribution < 1.29 is 9.18 Å². The molecule has 0 amide bonds. The molecule has 1 nitrogen and oxygen atoms in total. The molecule has 0 aliphatic rings. The topological polar surface area (TPSA) is 17.1 Å². The quantitative estimate of drug-likeness (QED) is 0.802. The minimum atomic E-state index is -0.202. The van der Waals surface area contributed by atoms with Crippen LogP contribution in [0, 0.1) is 19.7 Å². The van der Waals surface area contributed by atoms with Crippen molar-refractivity contribution in [1.29, 1.82) is 0 Å². The van der Waals surface area contributed by atoms with Crippen molar-refractivity contribution >= 4 is 5.78 Å². The summed E-state index contributed by atoms with van der Waals surface area (Å²) in [5, 5.41) is 0. The molecule has 0 aromatic heterocycles. The summed E-state index contributed by atoms with van der Waals surface area (Å²) in [7, 11) is 0. The van der Waals surface area contributed by atoms with E-state index in [9.17, 15) is 9.18 Å². The molecule has 2 heteroatoms. The van der Waals surface area contributed by atoms with E-state index in [2.05, 4.69) is 0 Å². The summed E-state index contributed by atoms with van der Waals surface area (Å²) in [6, 6.07) is 11.0. The Labute approximate surface area is 113 Å². The van der Waals surface area contributed by atoms with Gasteiger partial charge in [0.2, 0.25) is 0 Å². The van der Waals surface area contributed by atoms with Gasteiger partial charge < -0.3 is 0 Å². The fraction of sp³-hybridized carbons (Fsp3) is 0.235. The number of hydrogen-bond donors (Lipinski definition) is 0. The Morgan fingerprint density at radius 1 is 1.05 bits per heavy atom. The van der Waals surface area contributed by atoms with Crippen molar-refractivity contribution in [2.24, 2.45) is 0 Å². The van der Waals surface area contributed by atoms with Gasteiger partial charge in [-0.3, -0.25) is 4.79 Å². The molecule has 0 saturated heterocycles. The summed E-state index contributed by atoms with van der Waals surface area (Å²) in [6.45, 7) is 5.41. The molecular weight excluding hydrogens is 239 g/mol. The second-order valence-corrected chi connectivity index (χ2v) is 4.99. The number of halogens is 1. The van der Waals surface area contributed by atoms with E-state index in [1.54, 1.807) is 19.1 Å². The molecule has 0 aliphatic heterocycles. The van der Waals surface area contributed by atoms with Gasteiger partial charge in [0.05, 0.1) is 0 Å². The van der Waals surface area contributed by atoms with Crippen LogP contribution in [0.3, 0.4) is 0 Å². The van der Waals surface area contributed by atoms with Crippen LogP contribution < -0.4 is 0 Å². The first kappa shape index (κ1) is 13.5. The molecule has 0 atom stereocenters. The molecule has 2 rings (SSSR count). The van der Waals surface area contributed by atoms with Crippen molar-refractivity contribution in [2.75, 3.05) is 0 Å².